The molecule has 2 saturated heterocycles. The van der Waals surface area contributed by atoms with Crippen molar-refractivity contribution in [3.05, 3.63) is 11.6 Å². The Hall–Kier alpha value is -1.15. The second kappa shape index (κ2) is 7.35. The van der Waals surface area contributed by atoms with E-state index in [9.17, 15) is 14.7 Å². The number of methoxy groups -OCH3 is 1. The van der Waals surface area contributed by atoms with Gasteiger partial charge < -0.3 is 19.3 Å². The summed E-state index contributed by atoms with van der Waals surface area (Å²) in [5.41, 5.74) is 0.385. The minimum absolute atomic E-state index is 0.0249. The molecule has 2 amide bonds. The van der Waals surface area contributed by atoms with Gasteiger partial charge in [-0.15, -0.1) is 11.6 Å². The number of halogens is 1. The zero-order valence-corrected chi connectivity index (χ0v) is 17.0. The second-order valence-electron chi connectivity index (χ2n) is 8.12. The van der Waals surface area contributed by atoms with E-state index >= 15 is 0 Å². The van der Waals surface area contributed by atoms with E-state index in [2.05, 4.69) is 6.08 Å². The number of alkyl halides is 1. The largest absolute Gasteiger partial charge is 0.465 e. The third-order valence-corrected chi connectivity index (χ3v) is 6.41. The van der Waals surface area contributed by atoms with Crippen LogP contribution in [0.3, 0.4) is 0 Å². The van der Waals surface area contributed by atoms with Crippen molar-refractivity contribution in [2.45, 2.75) is 69.5 Å². The number of imide groups is 1. The van der Waals surface area contributed by atoms with Crippen molar-refractivity contribution in [1.29, 1.82) is 0 Å². The van der Waals surface area contributed by atoms with Crippen molar-refractivity contribution in [3.8, 4) is 0 Å². The maximum absolute atomic E-state index is 12.2. The fourth-order valence-electron chi connectivity index (χ4n) is 4.74. The Morgan fingerprint density at radius 2 is 2.07 bits per heavy atom. The van der Waals surface area contributed by atoms with E-state index in [1.807, 2.05) is 20.8 Å². The molecule has 152 valence electrons. The maximum atomic E-state index is 12.2. The molecule has 1 N–H and O–H groups in total. The molecule has 0 unspecified atom stereocenters. The summed E-state index contributed by atoms with van der Waals surface area (Å²) in [6.07, 6.45) is 2.29. The standard InChI is InChI=1S/C19H28ClNO6/c1-11(2)5-6-13-18(3,27-13)16-15(25-4)12(7-8-19(16)10-26-19)21(17(23)24)14(22)9-20/h5,12-13,15-16H,6-10H2,1-4H3,(H,23,24)/t12-,13-,15-,16-,18+,19+/m1/s1. The number of nitrogens with zero attached hydrogens (tertiary/aromatic N) is 1. The van der Waals surface area contributed by atoms with E-state index in [0.29, 0.717) is 19.4 Å². The van der Waals surface area contributed by atoms with Gasteiger partial charge in [0.25, 0.3) is 0 Å². The van der Waals surface area contributed by atoms with E-state index in [4.69, 9.17) is 25.8 Å². The van der Waals surface area contributed by atoms with Crippen LogP contribution in [-0.4, -0.2) is 71.1 Å². The molecule has 2 heterocycles. The zero-order chi connectivity index (χ0) is 20.0. The van der Waals surface area contributed by atoms with Crippen LogP contribution in [-0.2, 0) is 19.0 Å². The first-order chi connectivity index (χ1) is 12.7. The lowest BCUT2D eigenvalue weighted by molar-refractivity contribution is -0.139. The smallest absolute Gasteiger partial charge is 0.414 e. The van der Waals surface area contributed by atoms with Crippen molar-refractivity contribution in [2.24, 2.45) is 5.92 Å². The molecule has 27 heavy (non-hydrogen) atoms. The fourth-order valence-corrected chi connectivity index (χ4v) is 4.87. The average molecular weight is 402 g/mol. The highest BCUT2D eigenvalue weighted by Gasteiger charge is 2.72. The number of carbonyl (C=O) groups is 2. The van der Waals surface area contributed by atoms with Crippen LogP contribution >= 0.6 is 11.6 Å². The van der Waals surface area contributed by atoms with Gasteiger partial charge in [0.2, 0.25) is 5.91 Å². The monoisotopic (exact) mass is 401 g/mol. The highest BCUT2D eigenvalue weighted by molar-refractivity contribution is 6.28. The first kappa shape index (κ1) is 20.6. The van der Waals surface area contributed by atoms with Gasteiger partial charge in [-0.25, -0.2) is 9.69 Å². The summed E-state index contributed by atoms with van der Waals surface area (Å²) < 4.78 is 17.7. The molecule has 2 aliphatic heterocycles. The summed E-state index contributed by atoms with van der Waals surface area (Å²) >= 11 is 5.65. The molecule has 1 aliphatic carbocycles. The molecule has 3 aliphatic rings. The summed E-state index contributed by atoms with van der Waals surface area (Å²) in [5, 5.41) is 9.61. The molecule has 1 saturated carbocycles. The third kappa shape index (κ3) is 3.62. The number of epoxide rings is 2. The van der Waals surface area contributed by atoms with Crippen molar-refractivity contribution in [2.75, 3.05) is 19.6 Å². The number of allylic oxidation sites excluding steroid dienone is 1. The molecule has 0 aromatic heterocycles. The molecular weight excluding hydrogens is 374 g/mol. The molecule has 0 aromatic rings. The van der Waals surface area contributed by atoms with Crippen molar-refractivity contribution < 1.29 is 28.9 Å². The number of amides is 2. The lowest BCUT2D eigenvalue weighted by atomic mass is 9.67. The van der Waals surface area contributed by atoms with Crippen LogP contribution < -0.4 is 0 Å². The summed E-state index contributed by atoms with van der Waals surface area (Å²) in [7, 11) is 1.55. The van der Waals surface area contributed by atoms with Gasteiger partial charge in [-0.2, -0.15) is 0 Å². The van der Waals surface area contributed by atoms with Crippen LogP contribution in [0, 0.1) is 5.92 Å². The number of hydrogen-bond acceptors (Lipinski definition) is 5. The van der Waals surface area contributed by atoms with Crippen molar-refractivity contribution in [1.82, 2.24) is 4.90 Å². The number of carbonyl (C=O) groups excluding carboxylic acids is 1. The predicted molar refractivity (Wildman–Crippen MR) is 98.9 cm³/mol. The van der Waals surface area contributed by atoms with Gasteiger partial charge in [0, 0.05) is 13.0 Å². The van der Waals surface area contributed by atoms with Gasteiger partial charge in [0.15, 0.2) is 0 Å². The Labute approximate surface area is 164 Å². The number of ether oxygens (including phenoxy) is 3. The van der Waals surface area contributed by atoms with Crippen LogP contribution in [0.4, 0.5) is 4.79 Å². The molecule has 3 fully saturated rings. The minimum Gasteiger partial charge on any atom is -0.465 e. The SMILES string of the molecule is CO[C@@H]1[C@H](N(C(=O)O)C(=O)CCl)CC[C@]2(CO2)[C@H]1[C@@]1(C)O[C@@H]1CC=C(C)C. The molecule has 0 radical (unpaired) electrons. The Kier molecular flexibility index (Phi) is 5.60. The zero-order valence-electron chi connectivity index (χ0n) is 16.2. The Morgan fingerprint density at radius 3 is 2.56 bits per heavy atom. The molecule has 0 bridgehead atoms. The van der Waals surface area contributed by atoms with Gasteiger partial charge in [-0.05, 0) is 40.0 Å². The predicted octanol–water partition coefficient (Wildman–Crippen LogP) is 2.81. The summed E-state index contributed by atoms with van der Waals surface area (Å²) in [6, 6.07) is -0.608. The van der Waals surface area contributed by atoms with Gasteiger partial charge in [0.1, 0.15) is 11.5 Å². The number of rotatable bonds is 6. The van der Waals surface area contributed by atoms with E-state index in [0.717, 1.165) is 11.3 Å². The molecule has 8 heteroatoms. The molecule has 0 aromatic carbocycles. The lowest BCUT2D eigenvalue weighted by Crippen LogP contribution is -2.61. The van der Waals surface area contributed by atoms with Crippen LogP contribution in [0.25, 0.3) is 0 Å². The van der Waals surface area contributed by atoms with Crippen LogP contribution in [0.5, 0.6) is 0 Å². The molecule has 7 nitrogen and oxygen atoms in total. The quantitative estimate of drug-likeness (QED) is 0.418. The minimum atomic E-state index is -1.30. The molecule has 1 spiro atoms. The first-order valence-corrected chi connectivity index (χ1v) is 9.82. The highest BCUT2D eigenvalue weighted by Crippen LogP contribution is 2.59. The molecule has 3 rings (SSSR count). The first-order valence-electron chi connectivity index (χ1n) is 9.29. The summed E-state index contributed by atoms with van der Waals surface area (Å²) in [4.78, 5) is 24.8. The Bertz CT molecular complexity index is 644. The Balaban J connectivity index is 1.88. The number of carboxylic acid groups (broad SMARTS) is 1. The van der Waals surface area contributed by atoms with Crippen molar-refractivity contribution >= 4 is 23.6 Å². The van der Waals surface area contributed by atoms with E-state index in [1.165, 1.54) is 5.57 Å². The molecular formula is C19H28ClNO6. The van der Waals surface area contributed by atoms with Crippen LogP contribution in [0.1, 0.15) is 40.0 Å². The van der Waals surface area contributed by atoms with Gasteiger partial charge >= 0.3 is 6.09 Å². The van der Waals surface area contributed by atoms with Gasteiger partial charge in [-0.1, -0.05) is 11.6 Å². The maximum Gasteiger partial charge on any atom is 0.414 e. The van der Waals surface area contributed by atoms with Crippen LogP contribution in [0.2, 0.25) is 0 Å². The van der Waals surface area contributed by atoms with Crippen molar-refractivity contribution in [3.63, 3.8) is 0 Å². The highest BCUT2D eigenvalue weighted by atomic mass is 35.5. The van der Waals surface area contributed by atoms with Crippen LogP contribution in [0.15, 0.2) is 11.6 Å². The van der Waals surface area contributed by atoms with E-state index < -0.39 is 29.7 Å². The lowest BCUT2D eigenvalue weighted by Gasteiger charge is -2.45. The third-order valence-electron chi connectivity index (χ3n) is 6.18. The summed E-state index contributed by atoms with van der Waals surface area (Å²) in [5.74, 6) is -1.18. The second-order valence-corrected chi connectivity index (χ2v) is 8.39. The fraction of sp³-hybridized carbons (Fsp3) is 0.789. The summed E-state index contributed by atoms with van der Waals surface area (Å²) in [6.45, 7) is 6.73. The topological polar surface area (TPSA) is 91.9 Å². The van der Waals surface area contributed by atoms with Gasteiger partial charge in [0.05, 0.1) is 30.5 Å². The number of hydrogen-bond donors (Lipinski definition) is 1. The normalized spacial score (nSPS) is 39.7. The van der Waals surface area contributed by atoms with E-state index in [-0.39, 0.29) is 23.5 Å². The molecule has 6 atom stereocenters. The average Bonchev–Trinajstić information content (AvgIpc) is 3.52. The Morgan fingerprint density at radius 1 is 1.41 bits per heavy atom. The van der Waals surface area contributed by atoms with E-state index in [1.54, 1.807) is 7.11 Å². The van der Waals surface area contributed by atoms with Gasteiger partial charge in [-0.3, -0.25) is 4.79 Å².